The lowest BCUT2D eigenvalue weighted by Gasteiger charge is -2.26. The highest BCUT2D eigenvalue weighted by Gasteiger charge is 2.22. The first-order valence-electron chi connectivity index (χ1n) is 9.18. The summed E-state index contributed by atoms with van der Waals surface area (Å²) in [4.78, 5) is 8.37. The third-order valence-electron chi connectivity index (χ3n) is 4.97. The van der Waals surface area contributed by atoms with Crippen molar-refractivity contribution in [2.75, 3.05) is 13.1 Å². The first kappa shape index (κ1) is 17.2. The normalized spacial score (nSPS) is 15.6. The molecule has 0 spiro atoms. The standard InChI is InChI=1S/C20H19BrN4OS/c21-15-8-6-14(7-9-15)18-16(13-24-10-2-1-3-11-24)25-20(22-18)27-19(23-25)17-5-4-12-26-17/h4-9,12H,1-3,10-11,13H2. The van der Waals surface area contributed by atoms with Gasteiger partial charge in [-0.05, 0) is 50.2 Å². The van der Waals surface area contributed by atoms with Gasteiger partial charge in [0.25, 0.3) is 0 Å². The molecule has 4 heterocycles. The molecule has 0 aliphatic carbocycles. The van der Waals surface area contributed by atoms with Gasteiger partial charge in [-0.25, -0.2) is 9.50 Å². The Morgan fingerprint density at radius 3 is 2.63 bits per heavy atom. The molecule has 1 saturated heterocycles. The van der Waals surface area contributed by atoms with Gasteiger partial charge in [0.15, 0.2) is 10.8 Å². The predicted molar refractivity (Wildman–Crippen MR) is 111 cm³/mol. The fourth-order valence-corrected chi connectivity index (χ4v) is 4.75. The summed E-state index contributed by atoms with van der Waals surface area (Å²) in [6, 6.07) is 12.2. The van der Waals surface area contributed by atoms with Crippen molar-refractivity contribution in [3.05, 3.63) is 52.8 Å². The van der Waals surface area contributed by atoms with Crippen LogP contribution in [0.15, 0.2) is 51.6 Å². The van der Waals surface area contributed by atoms with E-state index < -0.39 is 0 Å². The molecule has 7 heteroatoms. The van der Waals surface area contributed by atoms with Crippen molar-refractivity contribution in [1.82, 2.24) is 19.5 Å². The van der Waals surface area contributed by atoms with Gasteiger partial charge in [0.05, 0.1) is 17.7 Å². The maximum Gasteiger partial charge on any atom is 0.213 e. The van der Waals surface area contributed by atoms with Crippen LogP contribution in [0, 0.1) is 0 Å². The van der Waals surface area contributed by atoms with Gasteiger partial charge in [-0.3, -0.25) is 4.90 Å². The highest BCUT2D eigenvalue weighted by Crippen LogP contribution is 2.32. The van der Waals surface area contributed by atoms with Crippen molar-refractivity contribution < 1.29 is 4.42 Å². The number of hydrogen-bond acceptors (Lipinski definition) is 5. The maximum absolute atomic E-state index is 5.53. The smallest absolute Gasteiger partial charge is 0.213 e. The minimum absolute atomic E-state index is 0.791. The molecule has 3 aromatic heterocycles. The molecular weight excluding hydrogens is 424 g/mol. The van der Waals surface area contributed by atoms with E-state index in [1.807, 2.05) is 16.6 Å². The Hall–Kier alpha value is -1.96. The number of benzene rings is 1. The van der Waals surface area contributed by atoms with Gasteiger partial charge in [-0.2, -0.15) is 5.10 Å². The number of rotatable bonds is 4. The number of aromatic nitrogens is 3. The van der Waals surface area contributed by atoms with E-state index in [4.69, 9.17) is 14.5 Å². The Morgan fingerprint density at radius 2 is 1.89 bits per heavy atom. The first-order valence-corrected chi connectivity index (χ1v) is 10.8. The third-order valence-corrected chi connectivity index (χ3v) is 6.42. The van der Waals surface area contributed by atoms with E-state index in [1.165, 1.54) is 19.3 Å². The zero-order valence-electron chi connectivity index (χ0n) is 14.8. The summed E-state index contributed by atoms with van der Waals surface area (Å²) in [5, 5.41) is 5.69. The summed E-state index contributed by atoms with van der Waals surface area (Å²) in [5.74, 6) is 0.791. The zero-order chi connectivity index (χ0) is 18.2. The van der Waals surface area contributed by atoms with Gasteiger partial charge < -0.3 is 4.42 Å². The minimum atomic E-state index is 0.791. The molecule has 0 saturated carbocycles. The second kappa shape index (κ2) is 7.22. The second-order valence-electron chi connectivity index (χ2n) is 6.83. The van der Waals surface area contributed by atoms with E-state index in [1.54, 1.807) is 17.6 Å². The number of fused-ring (bicyclic) bond motifs is 1. The van der Waals surface area contributed by atoms with Crippen LogP contribution in [-0.4, -0.2) is 32.6 Å². The SMILES string of the molecule is Brc1ccc(-c2nc3sc(-c4ccco4)nn3c2CN2CCCCC2)cc1. The fraction of sp³-hybridized carbons (Fsp3) is 0.300. The van der Waals surface area contributed by atoms with Crippen molar-refractivity contribution in [2.45, 2.75) is 25.8 Å². The number of nitrogens with zero attached hydrogens (tertiary/aromatic N) is 4. The quantitative estimate of drug-likeness (QED) is 0.420. The van der Waals surface area contributed by atoms with Crippen LogP contribution in [0.5, 0.6) is 0 Å². The van der Waals surface area contributed by atoms with Crippen LogP contribution >= 0.6 is 27.3 Å². The molecule has 0 bridgehead atoms. The number of furan rings is 1. The van der Waals surface area contributed by atoms with Crippen LogP contribution in [0.3, 0.4) is 0 Å². The van der Waals surface area contributed by atoms with Gasteiger partial charge in [0, 0.05) is 16.6 Å². The first-order chi connectivity index (χ1) is 13.3. The van der Waals surface area contributed by atoms with Crippen LogP contribution in [-0.2, 0) is 6.54 Å². The van der Waals surface area contributed by atoms with Crippen molar-refractivity contribution in [2.24, 2.45) is 0 Å². The lowest BCUT2D eigenvalue weighted by molar-refractivity contribution is 0.217. The molecule has 5 nitrogen and oxygen atoms in total. The van der Waals surface area contributed by atoms with Gasteiger partial charge in [0.2, 0.25) is 4.96 Å². The molecule has 4 aromatic rings. The van der Waals surface area contributed by atoms with E-state index in [9.17, 15) is 0 Å². The van der Waals surface area contributed by atoms with Crippen molar-refractivity contribution >= 4 is 32.2 Å². The number of halogens is 1. The Morgan fingerprint density at radius 1 is 1.07 bits per heavy atom. The molecule has 5 rings (SSSR count). The van der Waals surface area contributed by atoms with E-state index in [0.717, 1.165) is 56.8 Å². The van der Waals surface area contributed by atoms with Crippen LogP contribution in [0.1, 0.15) is 25.0 Å². The summed E-state index contributed by atoms with van der Waals surface area (Å²) in [6.45, 7) is 3.15. The van der Waals surface area contributed by atoms with Gasteiger partial charge in [-0.15, -0.1) is 0 Å². The third kappa shape index (κ3) is 3.35. The molecule has 0 atom stereocenters. The zero-order valence-corrected chi connectivity index (χ0v) is 17.2. The number of piperidine rings is 1. The monoisotopic (exact) mass is 442 g/mol. The predicted octanol–water partition coefficient (Wildman–Crippen LogP) is 5.47. The molecule has 1 aliphatic heterocycles. The molecule has 1 aromatic carbocycles. The molecule has 1 aliphatic rings. The lowest BCUT2D eigenvalue weighted by Crippen LogP contribution is -2.29. The number of imidazole rings is 1. The van der Waals surface area contributed by atoms with Crippen molar-refractivity contribution in [3.8, 4) is 22.0 Å². The molecule has 1 fully saturated rings. The molecule has 0 N–H and O–H groups in total. The van der Waals surface area contributed by atoms with Crippen LogP contribution in [0.4, 0.5) is 0 Å². The average molecular weight is 443 g/mol. The molecule has 27 heavy (non-hydrogen) atoms. The summed E-state index contributed by atoms with van der Waals surface area (Å²) in [7, 11) is 0. The molecule has 138 valence electrons. The number of hydrogen-bond donors (Lipinski definition) is 0. The second-order valence-corrected chi connectivity index (χ2v) is 8.70. The van der Waals surface area contributed by atoms with Crippen molar-refractivity contribution in [1.29, 1.82) is 0 Å². The topological polar surface area (TPSA) is 46.6 Å². The van der Waals surface area contributed by atoms with Crippen LogP contribution in [0.2, 0.25) is 0 Å². The molecule has 0 unspecified atom stereocenters. The Kier molecular flexibility index (Phi) is 4.59. The van der Waals surface area contributed by atoms with Gasteiger partial charge >= 0.3 is 0 Å². The Balaban J connectivity index is 1.60. The highest BCUT2D eigenvalue weighted by molar-refractivity contribution is 9.10. The van der Waals surface area contributed by atoms with E-state index in [0.29, 0.717) is 0 Å². The summed E-state index contributed by atoms with van der Waals surface area (Å²) in [5.41, 5.74) is 3.31. The van der Waals surface area contributed by atoms with E-state index in [2.05, 4.69) is 45.1 Å². The lowest BCUT2D eigenvalue weighted by atomic mass is 10.1. The molecular formula is C20H19BrN4OS. The minimum Gasteiger partial charge on any atom is -0.462 e. The van der Waals surface area contributed by atoms with E-state index >= 15 is 0 Å². The average Bonchev–Trinajstić information content (AvgIpc) is 3.41. The molecule has 0 amide bonds. The van der Waals surface area contributed by atoms with E-state index in [-0.39, 0.29) is 0 Å². The summed E-state index contributed by atoms with van der Waals surface area (Å²) >= 11 is 5.09. The Labute approximate surface area is 169 Å². The van der Waals surface area contributed by atoms with Gasteiger partial charge in [0.1, 0.15) is 0 Å². The largest absolute Gasteiger partial charge is 0.462 e. The summed E-state index contributed by atoms with van der Waals surface area (Å²) < 4.78 is 8.61. The Bertz CT molecular complexity index is 1050. The highest BCUT2D eigenvalue weighted by atomic mass is 79.9. The fourth-order valence-electron chi connectivity index (χ4n) is 3.60. The van der Waals surface area contributed by atoms with Crippen molar-refractivity contribution in [3.63, 3.8) is 0 Å². The summed E-state index contributed by atoms with van der Waals surface area (Å²) in [6.07, 6.45) is 5.55. The number of likely N-dealkylation sites (tertiary alicyclic amines) is 1. The van der Waals surface area contributed by atoms with Crippen LogP contribution in [0.25, 0.3) is 27.0 Å². The maximum atomic E-state index is 5.53. The van der Waals surface area contributed by atoms with Gasteiger partial charge in [-0.1, -0.05) is 45.8 Å². The van der Waals surface area contributed by atoms with Crippen LogP contribution < -0.4 is 0 Å². The molecule has 0 radical (unpaired) electrons.